The van der Waals surface area contributed by atoms with Crippen LogP contribution in [-0.2, 0) is 19.1 Å². The molecule has 0 aliphatic heterocycles. The first-order valence-electron chi connectivity index (χ1n) is 8.10. The molecule has 0 radical (unpaired) electrons. The second-order valence-corrected chi connectivity index (χ2v) is 6.45. The summed E-state index contributed by atoms with van der Waals surface area (Å²) in [5.41, 5.74) is 0.596. The molecule has 10 heteroatoms. The predicted octanol–water partition coefficient (Wildman–Crippen LogP) is 2.43. The Bertz CT molecular complexity index is 804. The number of nitrogens with zero attached hydrogens (tertiary/aromatic N) is 2. The van der Waals surface area contributed by atoms with Gasteiger partial charge in [-0.2, -0.15) is 13.2 Å². The number of benzene rings is 1. The van der Waals surface area contributed by atoms with E-state index >= 15 is 0 Å². The molecule has 0 saturated carbocycles. The molecule has 2 aromatic rings. The van der Waals surface area contributed by atoms with Crippen LogP contribution in [0.3, 0.4) is 0 Å². The van der Waals surface area contributed by atoms with Crippen molar-refractivity contribution in [2.75, 3.05) is 20.6 Å². The Morgan fingerprint density at radius 3 is 2.70 bits per heavy atom. The monoisotopic (exact) mass is 399 g/mol. The summed E-state index contributed by atoms with van der Waals surface area (Å²) in [4.78, 5) is 19.3. The van der Waals surface area contributed by atoms with Crippen molar-refractivity contribution in [3.63, 3.8) is 0 Å². The van der Waals surface area contributed by atoms with Crippen LogP contribution in [-0.4, -0.2) is 37.5 Å². The van der Waals surface area contributed by atoms with E-state index in [2.05, 4.69) is 25.9 Å². The zero-order chi connectivity index (χ0) is 19.9. The fourth-order valence-corrected chi connectivity index (χ4v) is 3.02. The summed E-state index contributed by atoms with van der Waals surface area (Å²) in [7, 11) is 3.17. The standard InChI is InChI=1S/C17H20F3N5OS/c1-21-15(26)12-5-3-4-11(8-12)9-24-16(22-2)23-7-6-14-25-13(10-27-14)17(18,19)20/h3-5,8,10H,6-7,9H2,1-2H3,(H,21,26)(H2,22,23,24). The first-order chi connectivity index (χ1) is 12.8. The van der Waals surface area contributed by atoms with Gasteiger partial charge in [0.25, 0.3) is 5.91 Å². The van der Waals surface area contributed by atoms with E-state index in [0.29, 0.717) is 36.0 Å². The zero-order valence-corrected chi connectivity index (χ0v) is 15.7. The smallest absolute Gasteiger partial charge is 0.356 e. The Balaban J connectivity index is 1.83. The van der Waals surface area contributed by atoms with E-state index in [4.69, 9.17) is 0 Å². The number of aromatic nitrogens is 1. The summed E-state index contributed by atoms with van der Waals surface area (Å²) < 4.78 is 37.6. The highest BCUT2D eigenvalue weighted by Crippen LogP contribution is 2.29. The average Bonchev–Trinajstić information content (AvgIpc) is 3.13. The van der Waals surface area contributed by atoms with Crippen molar-refractivity contribution in [1.82, 2.24) is 20.9 Å². The van der Waals surface area contributed by atoms with Gasteiger partial charge in [0.15, 0.2) is 11.7 Å². The minimum Gasteiger partial charge on any atom is -0.356 e. The van der Waals surface area contributed by atoms with Crippen LogP contribution in [0.25, 0.3) is 0 Å². The number of hydrogen-bond donors (Lipinski definition) is 3. The molecular weight excluding hydrogens is 379 g/mol. The van der Waals surface area contributed by atoms with Crippen molar-refractivity contribution >= 4 is 23.2 Å². The first kappa shape index (κ1) is 20.7. The van der Waals surface area contributed by atoms with E-state index in [9.17, 15) is 18.0 Å². The van der Waals surface area contributed by atoms with Crippen LogP contribution in [0.2, 0.25) is 0 Å². The quantitative estimate of drug-likeness (QED) is 0.515. The molecule has 146 valence electrons. The number of carbonyl (C=O) groups excluding carboxylic acids is 1. The van der Waals surface area contributed by atoms with Crippen molar-refractivity contribution in [1.29, 1.82) is 0 Å². The molecule has 0 saturated heterocycles. The number of rotatable bonds is 6. The number of carbonyl (C=O) groups is 1. The molecule has 27 heavy (non-hydrogen) atoms. The Kier molecular flexibility index (Phi) is 7.17. The maximum absolute atomic E-state index is 12.5. The van der Waals surface area contributed by atoms with Gasteiger partial charge >= 0.3 is 6.18 Å². The van der Waals surface area contributed by atoms with Crippen molar-refractivity contribution in [3.8, 4) is 0 Å². The van der Waals surface area contributed by atoms with Crippen LogP contribution < -0.4 is 16.0 Å². The van der Waals surface area contributed by atoms with Gasteiger partial charge in [0.2, 0.25) is 0 Å². The lowest BCUT2D eigenvalue weighted by molar-refractivity contribution is -0.140. The van der Waals surface area contributed by atoms with Gasteiger partial charge < -0.3 is 16.0 Å². The van der Waals surface area contributed by atoms with E-state index in [-0.39, 0.29) is 5.91 Å². The molecule has 0 atom stereocenters. The number of thiazole rings is 1. The van der Waals surface area contributed by atoms with Crippen LogP contribution in [0, 0.1) is 0 Å². The van der Waals surface area contributed by atoms with Crippen molar-refractivity contribution in [3.05, 3.63) is 51.5 Å². The van der Waals surface area contributed by atoms with E-state index in [0.717, 1.165) is 22.3 Å². The minimum absolute atomic E-state index is 0.166. The van der Waals surface area contributed by atoms with Gasteiger partial charge in [-0.3, -0.25) is 9.79 Å². The second kappa shape index (κ2) is 9.36. The van der Waals surface area contributed by atoms with Crippen LogP contribution in [0.4, 0.5) is 13.2 Å². The van der Waals surface area contributed by atoms with Crippen molar-refractivity contribution in [2.45, 2.75) is 19.1 Å². The zero-order valence-electron chi connectivity index (χ0n) is 14.9. The van der Waals surface area contributed by atoms with E-state index in [1.165, 1.54) is 0 Å². The molecule has 0 aliphatic carbocycles. The molecule has 0 unspecified atom stereocenters. The summed E-state index contributed by atoms with van der Waals surface area (Å²) in [5.74, 6) is 0.342. The summed E-state index contributed by atoms with van der Waals surface area (Å²) in [6.07, 6.45) is -4.06. The molecule has 0 bridgehead atoms. The Labute approximate surface area is 158 Å². The Morgan fingerprint density at radius 1 is 1.30 bits per heavy atom. The van der Waals surface area contributed by atoms with Crippen molar-refractivity contribution < 1.29 is 18.0 Å². The van der Waals surface area contributed by atoms with Gasteiger partial charge in [0.1, 0.15) is 0 Å². The minimum atomic E-state index is -4.41. The molecule has 0 aliphatic rings. The Morgan fingerprint density at radius 2 is 2.07 bits per heavy atom. The lowest BCUT2D eigenvalue weighted by Crippen LogP contribution is -2.37. The number of halogens is 3. The SMILES string of the molecule is CN=C(NCCc1nc(C(F)(F)F)cs1)NCc1cccc(C(=O)NC)c1. The summed E-state index contributed by atoms with van der Waals surface area (Å²) >= 11 is 0.983. The van der Waals surface area contributed by atoms with Gasteiger partial charge in [-0.1, -0.05) is 12.1 Å². The molecule has 2 rings (SSSR count). The fraction of sp³-hybridized carbons (Fsp3) is 0.353. The highest BCUT2D eigenvalue weighted by atomic mass is 32.1. The molecule has 1 aromatic heterocycles. The summed E-state index contributed by atoms with van der Waals surface area (Å²) in [5, 5.41) is 10.1. The highest BCUT2D eigenvalue weighted by Gasteiger charge is 2.33. The van der Waals surface area contributed by atoms with E-state index in [1.807, 2.05) is 6.07 Å². The maximum Gasteiger partial charge on any atom is 0.434 e. The molecular formula is C17H20F3N5OS. The molecule has 1 heterocycles. The molecule has 0 spiro atoms. The molecule has 3 N–H and O–H groups in total. The lowest BCUT2D eigenvalue weighted by atomic mass is 10.1. The highest BCUT2D eigenvalue weighted by molar-refractivity contribution is 7.09. The normalized spacial score (nSPS) is 12.0. The van der Waals surface area contributed by atoms with Gasteiger partial charge in [0.05, 0.1) is 5.01 Å². The van der Waals surface area contributed by atoms with Gasteiger partial charge in [-0.05, 0) is 17.7 Å². The lowest BCUT2D eigenvalue weighted by Gasteiger charge is -2.12. The summed E-state index contributed by atoms with van der Waals surface area (Å²) in [6, 6.07) is 7.16. The van der Waals surface area contributed by atoms with Crippen molar-refractivity contribution in [2.24, 2.45) is 4.99 Å². The van der Waals surface area contributed by atoms with E-state index in [1.54, 1.807) is 32.3 Å². The molecule has 1 amide bonds. The molecule has 0 fully saturated rings. The summed E-state index contributed by atoms with van der Waals surface area (Å²) in [6.45, 7) is 0.836. The number of hydrogen-bond acceptors (Lipinski definition) is 4. The van der Waals surface area contributed by atoms with Crippen LogP contribution in [0.1, 0.15) is 26.6 Å². The van der Waals surface area contributed by atoms with Gasteiger partial charge in [0, 0.05) is 44.5 Å². The second-order valence-electron chi connectivity index (χ2n) is 5.51. The molecule has 6 nitrogen and oxygen atoms in total. The number of aliphatic imine (C=N–C) groups is 1. The number of guanidine groups is 1. The molecule has 1 aromatic carbocycles. The Hall–Kier alpha value is -2.62. The third-order valence-electron chi connectivity index (χ3n) is 3.57. The van der Waals surface area contributed by atoms with Crippen LogP contribution in [0.5, 0.6) is 0 Å². The number of nitrogens with one attached hydrogen (secondary N) is 3. The predicted molar refractivity (Wildman–Crippen MR) is 98.9 cm³/mol. The fourth-order valence-electron chi connectivity index (χ4n) is 2.22. The maximum atomic E-state index is 12.5. The first-order valence-corrected chi connectivity index (χ1v) is 8.98. The number of amides is 1. The van der Waals surface area contributed by atoms with E-state index < -0.39 is 11.9 Å². The largest absolute Gasteiger partial charge is 0.434 e. The number of alkyl halides is 3. The topological polar surface area (TPSA) is 78.4 Å². The third-order valence-corrected chi connectivity index (χ3v) is 4.48. The van der Waals surface area contributed by atoms with Gasteiger partial charge in [-0.25, -0.2) is 4.98 Å². The third kappa shape index (κ3) is 6.24. The van der Waals surface area contributed by atoms with Gasteiger partial charge in [-0.15, -0.1) is 11.3 Å². The van der Waals surface area contributed by atoms with Crippen LogP contribution >= 0.6 is 11.3 Å². The van der Waals surface area contributed by atoms with Crippen LogP contribution in [0.15, 0.2) is 34.6 Å². The average molecular weight is 399 g/mol.